The molecule has 1 aliphatic heterocycles. The number of rotatable bonds is 8. The lowest BCUT2D eigenvalue weighted by Crippen LogP contribution is -2.31. The van der Waals surface area contributed by atoms with E-state index in [0.717, 1.165) is 37.1 Å². The van der Waals surface area contributed by atoms with E-state index in [2.05, 4.69) is 137 Å². The molecule has 0 amide bonds. The van der Waals surface area contributed by atoms with Gasteiger partial charge < -0.3 is 9.64 Å². The quantitative estimate of drug-likeness (QED) is 0.244. The Bertz CT molecular complexity index is 1310. The van der Waals surface area contributed by atoms with Crippen LogP contribution in [0.1, 0.15) is 70.1 Å². The van der Waals surface area contributed by atoms with Crippen molar-refractivity contribution in [1.29, 1.82) is 0 Å². The van der Waals surface area contributed by atoms with Crippen molar-refractivity contribution < 1.29 is 4.74 Å². The molecular formula is C35H39NO. The van der Waals surface area contributed by atoms with E-state index < -0.39 is 0 Å². The molecule has 4 aromatic carbocycles. The Hall–Kier alpha value is -3.36. The largest absolute Gasteiger partial charge is 0.359 e. The van der Waals surface area contributed by atoms with Gasteiger partial charge in [-0.1, -0.05) is 82.3 Å². The number of benzene rings is 4. The summed E-state index contributed by atoms with van der Waals surface area (Å²) in [4.78, 5) is 2.34. The summed E-state index contributed by atoms with van der Waals surface area (Å²) < 4.78 is 6.96. The highest BCUT2D eigenvalue weighted by Crippen LogP contribution is 2.54. The minimum absolute atomic E-state index is 0.175. The summed E-state index contributed by atoms with van der Waals surface area (Å²) in [7, 11) is 0. The average Bonchev–Trinajstić information content (AvgIpc) is 3.25. The number of fused-ring (bicyclic) bond motifs is 1. The van der Waals surface area contributed by atoms with Crippen molar-refractivity contribution >= 4 is 17.1 Å². The highest BCUT2D eigenvalue weighted by molar-refractivity contribution is 5.80. The van der Waals surface area contributed by atoms with Crippen LogP contribution in [0.3, 0.4) is 0 Å². The number of hydrogen-bond acceptors (Lipinski definition) is 2. The van der Waals surface area contributed by atoms with Gasteiger partial charge in [0.05, 0.1) is 11.2 Å². The highest BCUT2D eigenvalue weighted by Gasteiger charge is 2.49. The Kier molecular flexibility index (Phi) is 6.96. The van der Waals surface area contributed by atoms with Crippen molar-refractivity contribution in [2.45, 2.75) is 71.5 Å². The van der Waals surface area contributed by atoms with Gasteiger partial charge >= 0.3 is 0 Å². The molecule has 190 valence electrons. The molecule has 1 heterocycles. The van der Waals surface area contributed by atoms with Crippen molar-refractivity contribution in [3.63, 3.8) is 0 Å². The zero-order valence-corrected chi connectivity index (χ0v) is 22.9. The predicted octanol–water partition coefficient (Wildman–Crippen LogP) is 10.2. The van der Waals surface area contributed by atoms with Crippen molar-refractivity contribution in [3.8, 4) is 11.1 Å². The summed E-state index contributed by atoms with van der Waals surface area (Å²) in [5, 5.41) is 0. The van der Waals surface area contributed by atoms with Crippen molar-refractivity contribution in [1.82, 2.24) is 0 Å². The summed E-state index contributed by atoms with van der Waals surface area (Å²) in [5.41, 5.74) is 9.65. The molecule has 0 spiro atoms. The Morgan fingerprint density at radius 3 is 1.57 bits per heavy atom. The van der Waals surface area contributed by atoms with E-state index in [4.69, 9.17) is 4.74 Å². The van der Waals surface area contributed by atoms with Crippen LogP contribution in [-0.4, -0.2) is 0 Å². The third kappa shape index (κ3) is 4.28. The standard InChI is InChI=1S/C35H39NO/c1-6-34(7-2)31-22-20-28(25-32(31)35(8-3,9-4)37-34)27-21-23-33(26(5)24-27)36(29-16-12-10-13-17-29)30-18-14-11-15-19-30/h10-25H,6-9H2,1-5H3. The topological polar surface area (TPSA) is 12.5 Å². The van der Waals surface area contributed by atoms with Crippen LogP contribution >= 0.6 is 0 Å². The summed E-state index contributed by atoms with van der Waals surface area (Å²) in [6, 6.07) is 35.1. The maximum absolute atomic E-state index is 6.96. The van der Waals surface area contributed by atoms with Crippen LogP contribution in [-0.2, 0) is 15.9 Å². The number of nitrogens with zero attached hydrogens (tertiary/aromatic N) is 1. The molecule has 4 aromatic rings. The van der Waals surface area contributed by atoms with Crippen LogP contribution < -0.4 is 4.90 Å². The fourth-order valence-corrected chi connectivity index (χ4v) is 6.20. The van der Waals surface area contributed by atoms with Gasteiger partial charge in [-0.15, -0.1) is 0 Å². The fourth-order valence-electron chi connectivity index (χ4n) is 6.20. The molecule has 0 N–H and O–H groups in total. The third-order valence-electron chi connectivity index (χ3n) is 8.48. The predicted molar refractivity (Wildman–Crippen MR) is 157 cm³/mol. The van der Waals surface area contributed by atoms with Gasteiger partial charge in [-0.05, 0) is 103 Å². The lowest BCUT2D eigenvalue weighted by atomic mass is 9.81. The number of ether oxygens (including phenoxy) is 1. The molecule has 0 aliphatic carbocycles. The van der Waals surface area contributed by atoms with Gasteiger partial charge in [0.1, 0.15) is 0 Å². The van der Waals surface area contributed by atoms with Gasteiger partial charge in [0.25, 0.3) is 0 Å². The van der Waals surface area contributed by atoms with E-state index in [1.165, 1.54) is 33.5 Å². The second-order valence-corrected chi connectivity index (χ2v) is 10.3. The molecule has 0 aromatic heterocycles. The van der Waals surface area contributed by atoms with Gasteiger partial charge in [0, 0.05) is 17.1 Å². The Morgan fingerprint density at radius 2 is 1.05 bits per heavy atom. The first-order valence-electron chi connectivity index (χ1n) is 13.9. The third-order valence-corrected chi connectivity index (χ3v) is 8.48. The zero-order chi connectivity index (χ0) is 26.0. The van der Waals surface area contributed by atoms with Crippen molar-refractivity contribution in [3.05, 3.63) is 114 Å². The van der Waals surface area contributed by atoms with Crippen molar-refractivity contribution in [2.75, 3.05) is 4.90 Å². The van der Waals surface area contributed by atoms with E-state index in [1.54, 1.807) is 0 Å². The lowest BCUT2D eigenvalue weighted by Gasteiger charge is -2.34. The first-order chi connectivity index (χ1) is 18.0. The number of hydrogen-bond donors (Lipinski definition) is 0. The maximum Gasteiger partial charge on any atom is 0.0942 e. The molecular weight excluding hydrogens is 450 g/mol. The summed E-state index contributed by atoms with van der Waals surface area (Å²) >= 11 is 0. The van der Waals surface area contributed by atoms with Crippen LogP contribution in [0.25, 0.3) is 11.1 Å². The summed E-state index contributed by atoms with van der Waals surface area (Å²) in [6.45, 7) is 11.3. The van der Waals surface area contributed by atoms with Gasteiger partial charge in [-0.2, -0.15) is 0 Å². The summed E-state index contributed by atoms with van der Waals surface area (Å²) in [5.74, 6) is 0. The minimum atomic E-state index is -0.205. The van der Waals surface area contributed by atoms with Crippen LogP contribution in [0.4, 0.5) is 17.1 Å². The molecule has 0 radical (unpaired) electrons. The smallest absolute Gasteiger partial charge is 0.0942 e. The first kappa shape index (κ1) is 25.3. The second-order valence-electron chi connectivity index (χ2n) is 10.3. The molecule has 5 rings (SSSR count). The molecule has 1 aliphatic rings. The Labute approximate surface area is 222 Å². The SMILES string of the molecule is CCC1(CC)OC(CC)(CC)c2cc(-c3ccc(N(c4ccccc4)c4ccccc4)c(C)c3)ccc21. The normalized spacial score (nSPS) is 15.4. The highest BCUT2D eigenvalue weighted by atomic mass is 16.5. The van der Waals surface area contributed by atoms with Gasteiger partial charge in [0.2, 0.25) is 0 Å². The second kappa shape index (κ2) is 10.2. The number of anilines is 3. The van der Waals surface area contributed by atoms with Gasteiger partial charge in [-0.3, -0.25) is 0 Å². The summed E-state index contributed by atoms with van der Waals surface area (Å²) in [6.07, 6.45) is 3.98. The van der Waals surface area contributed by atoms with E-state index in [0.29, 0.717) is 0 Å². The molecule has 2 nitrogen and oxygen atoms in total. The van der Waals surface area contributed by atoms with Crippen LogP contribution in [0.15, 0.2) is 97.1 Å². The fraction of sp³-hybridized carbons (Fsp3) is 0.314. The van der Waals surface area contributed by atoms with E-state index in [1.807, 2.05) is 0 Å². The lowest BCUT2D eigenvalue weighted by molar-refractivity contribution is -0.151. The Balaban J connectivity index is 1.59. The molecule has 0 unspecified atom stereocenters. The molecule has 2 heteroatoms. The molecule has 0 bridgehead atoms. The Morgan fingerprint density at radius 1 is 0.568 bits per heavy atom. The van der Waals surface area contributed by atoms with E-state index in [-0.39, 0.29) is 11.2 Å². The molecule has 0 fully saturated rings. The number of aryl methyl sites for hydroxylation is 1. The first-order valence-corrected chi connectivity index (χ1v) is 13.9. The van der Waals surface area contributed by atoms with Gasteiger partial charge in [-0.25, -0.2) is 0 Å². The van der Waals surface area contributed by atoms with Crippen molar-refractivity contribution in [2.24, 2.45) is 0 Å². The van der Waals surface area contributed by atoms with Gasteiger partial charge in [0.15, 0.2) is 0 Å². The van der Waals surface area contributed by atoms with Crippen LogP contribution in [0, 0.1) is 6.92 Å². The van der Waals surface area contributed by atoms with E-state index >= 15 is 0 Å². The maximum atomic E-state index is 6.96. The zero-order valence-electron chi connectivity index (χ0n) is 22.9. The molecule has 0 atom stereocenters. The number of para-hydroxylation sites is 2. The average molecular weight is 490 g/mol. The molecule has 37 heavy (non-hydrogen) atoms. The molecule has 0 saturated carbocycles. The van der Waals surface area contributed by atoms with Crippen LogP contribution in [0.2, 0.25) is 0 Å². The minimum Gasteiger partial charge on any atom is -0.359 e. The van der Waals surface area contributed by atoms with Crippen LogP contribution in [0.5, 0.6) is 0 Å². The monoisotopic (exact) mass is 489 g/mol. The molecule has 0 saturated heterocycles. The van der Waals surface area contributed by atoms with E-state index in [9.17, 15) is 0 Å².